The maximum atomic E-state index is 4.00. The molecule has 1 saturated carbocycles. The minimum Gasteiger partial charge on any atom is -0.164 e. The Labute approximate surface area is 72.0 Å². The van der Waals surface area contributed by atoms with Gasteiger partial charge in [0.2, 0.25) is 0 Å². The van der Waals surface area contributed by atoms with Crippen LogP contribution < -0.4 is 0 Å². The van der Waals surface area contributed by atoms with Crippen molar-refractivity contribution in [2.45, 2.75) is 38.6 Å². The van der Waals surface area contributed by atoms with Crippen molar-refractivity contribution < 1.29 is 0 Å². The maximum Gasteiger partial charge on any atom is 0.162 e. The minimum atomic E-state index is 0.785. The van der Waals surface area contributed by atoms with E-state index in [0.717, 1.165) is 12.5 Å². The molecule has 4 heteroatoms. The average Bonchev–Trinajstić information content (AvgIpc) is 2.59. The fraction of sp³-hybridized carbons (Fsp3) is 0.875. The highest BCUT2D eigenvalue weighted by Gasteiger charge is 2.14. The SMILES string of the molecule is c1nnn(CC2CCCCC2)n1. The molecule has 0 aromatic carbocycles. The Balaban J connectivity index is 1.86. The van der Waals surface area contributed by atoms with Crippen molar-refractivity contribution in [2.24, 2.45) is 5.92 Å². The van der Waals surface area contributed by atoms with Crippen molar-refractivity contribution in [1.29, 1.82) is 0 Å². The van der Waals surface area contributed by atoms with Crippen molar-refractivity contribution >= 4 is 0 Å². The van der Waals surface area contributed by atoms with Gasteiger partial charge in [-0.3, -0.25) is 0 Å². The highest BCUT2D eigenvalue weighted by atomic mass is 15.6. The zero-order valence-corrected chi connectivity index (χ0v) is 7.19. The standard InChI is InChI=1S/C8H14N4/c1-2-4-8(5-3-1)6-12-10-7-9-11-12/h7-8H,1-6H2. The molecule has 12 heavy (non-hydrogen) atoms. The van der Waals surface area contributed by atoms with E-state index in [9.17, 15) is 0 Å². The molecular weight excluding hydrogens is 152 g/mol. The number of tetrazole rings is 1. The maximum absolute atomic E-state index is 4.00. The fourth-order valence-corrected chi connectivity index (χ4v) is 1.87. The summed E-state index contributed by atoms with van der Waals surface area (Å²) in [5.41, 5.74) is 0. The number of hydrogen-bond acceptors (Lipinski definition) is 3. The molecule has 0 radical (unpaired) electrons. The van der Waals surface area contributed by atoms with Crippen molar-refractivity contribution in [1.82, 2.24) is 20.2 Å². The quantitative estimate of drug-likeness (QED) is 0.664. The zero-order chi connectivity index (χ0) is 8.23. The third-order valence-electron chi connectivity index (χ3n) is 2.54. The largest absolute Gasteiger partial charge is 0.164 e. The van der Waals surface area contributed by atoms with E-state index in [0.29, 0.717) is 0 Å². The smallest absolute Gasteiger partial charge is 0.162 e. The van der Waals surface area contributed by atoms with Crippen molar-refractivity contribution in [3.05, 3.63) is 6.33 Å². The predicted octanol–water partition coefficient (Wildman–Crippen LogP) is 1.25. The molecular formula is C8H14N4. The Kier molecular flexibility index (Phi) is 2.34. The van der Waals surface area contributed by atoms with Crippen LogP contribution in [0.15, 0.2) is 6.33 Å². The molecule has 1 aliphatic carbocycles. The van der Waals surface area contributed by atoms with E-state index in [-0.39, 0.29) is 0 Å². The Bertz CT molecular complexity index is 213. The highest BCUT2D eigenvalue weighted by molar-refractivity contribution is 4.64. The first-order valence-electron chi connectivity index (χ1n) is 4.66. The predicted molar refractivity (Wildman–Crippen MR) is 44.4 cm³/mol. The Morgan fingerprint density at radius 1 is 1.25 bits per heavy atom. The number of nitrogens with zero attached hydrogens (tertiary/aromatic N) is 4. The third kappa shape index (κ3) is 1.81. The normalized spacial score (nSPS) is 19.7. The van der Waals surface area contributed by atoms with Gasteiger partial charge in [0.15, 0.2) is 6.33 Å². The second-order valence-electron chi connectivity index (χ2n) is 3.49. The molecule has 0 unspecified atom stereocenters. The van der Waals surface area contributed by atoms with Crippen molar-refractivity contribution in [2.75, 3.05) is 0 Å². The molecule has 4 nitrogen and oxygen atoms in total. The zero-order valence-electron chi connectivity index (χ0n) is 7.19. The van der Waals surface area contributed by atoms with Gasteiger partial charge in [-0.05, 0) is 24.0 Å². The van der Waals surface area contributed by atoms with E-state index in [4.69, 9.17) is 0 Å². The molecule has 1 aromatic heterocycles. The number of rotatable bonds is 2. The second kappa shape index (κ2) is 3.65. The number of hydrogen-bond donors (Lipinski definition) is 0. The van der Waals surface area contributed by atoms with Crippen LogP contribution in [0.1, 0.15) is 32.1 Å². The topological polar surface area (TPSA) is 43.6 Å². The molecule has 0 spiro atoms. The summed E-state index contributed by atoms with van der Waals surface area (Å²) < 4.78 is 0. The van der Waals surface area contributed by atoms with E-state index < -0.39 is 0 Å². The van der Waals surface area contributed by atoms with Gasteiger partial charge in [-0.25, -0.2) is 0 Å². The molecule has 66 valence electrons. The summed E-state index contributed by atoms with van der Waals surface area (Å²) in [6.45, 7) is 0.958. The van der Waals surface area contributed by atoms with E-state index >= 15 is 0 Å². The van der Waals surface area contributed by atoms with Crippen LogP contribution in [0.4, 0.5) is 0 Å². The van der Waals surface area contributed by atoms with Crippen LogP contribution in [0.3, 0.4) is 0 Å². The summed E-state index contributed by atoms with van der Waals surface area (Å²) in [5, 5.41) is 11.6. The van der Waals surface area contributed by atoms with Gasteiger partial charge in [0.1, 0.15) is 0 Å². The average molecular weight is 166 g/mol. The molecule has 0 atom stereocenters. The van der Waals surface area contributed by atoms with E-state index in [1.54, 1.807) is 4.80 Å². The van der Waals surface area contributed by atoms with Gasteiger partial charge >= 0.3 is 0 Å². The van der Waals surface area contributed by atoms with Gasteiger partial charge in [-0.2, -0.15) is 4.80 Å². The molecule has 0 saturated heterocycles. The molecule has 1 heterocycles. The summed E-state index contributed by atoms with van der Waals surface area (Å²) in [7, 11) is 0. The first-order valence-corrected chi connectivity index (χ1v) is 4.66. The summed E-state index contributed by atoms with van der Waals surface area (Å²) >= 11 is 0. The van der Waals surface area contributed by atoms with Crippen LogP contribution >= 0.6 is 0 Å². The fourth-order valence-electron chi connectivity index (χ4n) is 1.87. The lowest BCUT2D eigenvalue weighted by molar-refractivity contribution is 0.291. The van der Waals surface area contributed by atoms with Gasteiger partial charge in [0.25, 0.3) is 0 Å². The molecule has 1 fully saturated rings. The Morgan fingerprint density at radius 2 is 2.08 bits per heavy atom. The second-order valence-corrected chi connectivity index (χ2v) is 3.49. The summed E-state index contributed by atoms with van der Waals surface area (Å²) in [6.07, 6.45) is 8.33. The lowest BCUT2D eigenvalue weighted by Crippen LogP contribution is -2.16. The molecule has 0 amide bonds. The van der Waals surface area contributed by atoms with Crippen LogP contribution in [0.2, 0.25) is 0 Å². The summed E-state index contributed by atoms with van der Waals surface area (Å²) in [6, 6.07) is 0. The molecule has 0 aliphatic heterocycles. The van der Waals surface area contributed by atoms with Crippen LogP contribution in [-0.4, -0.2) is 20.2 Å². The van der Waals surface area contributed by atoms with Crippen molar-refractivity contribution in [3.63, 3.8) is 0 Å². The van der Waals surface area contributed by atoms with Gasteiger partial charge in [-0.15, -0.1) is 10.2 Å². The lowest BCUT2D eigenvalue weighted by atomic mass is 9.89. The van der Waals surface area contributed by atoms with Gasteiger partial charge < -0.3 is 0 Å². The van der Waals surface area contributed by atoms with Gasteiger partial charge in [-0.1, -0.05) is 19.3 Å². The minimum absolute atomic E-state index is 0.785. The van der Waals surface area contributed by atoms with Gasteiger partial charge in [0, 0.05) is 0 Å². The van der Waals surface area contributed by atoms with Crippen LogP contribution in [0, 0.1) is 5.92 Å². The van der Waals surface area contributed by atoms with Crippen LogP contribution in [0.25, 0.3) is 0 Å². The molecule has 1 aromatic rings. The summed E-state index contributed by atoms with van der Waals surface area (Å²) in [5.74, 6) is 0.785. The number of aromatic nitrogens is 4. The Hall–Kier alpha value is -0.930. The lowest BCUT2D eigenvalue weighted by Gasteiger charge is -2.20. The monoisotopic (exact) mass is 166 g/mol. The van der Waals surface area contributed by atoms with E-state index in [1.807, 2.05) is 0 Å². The van der Waals surface area contributed by atoms with Crippen LogP contribution in [-0.2, 0) is 6.54 Å². The van der Waals surface area contributed by atoms with E-state index in [2.05, 4.69) is 15.4 Å². The first-order chi connectivity index (χ1) is 5.95. The molecule has 1 aliphatic rings. The molecule has 0 N–H and O–H groups in total. The first kappa shape index (κ1) is 7.71. The van der Waals surface area contributed by atoms with Gasteiger partial charge in [0.05, 0.1) is 6.54 Å². The van der Waals surface area contributed by atoms with E-state index in [1.165, 1.54) is 38.4 Å². The summed E-state index contributed by atoms with van der Waals surface area (Å²) in [4.78, 5) is 1.70. The highest BCUT2D eigenvalue weighted by Crippen LogP contribution is 2.24. The third-order valence-corrected chi connectivity index (χ3v) is 2.54. The van der Waals surface area contributed by atoms with Crippen molar-refractivity contribution in [3.8, 4) is 0 Å². The van der Waals surface area contributed by atoms with Crippen LogP contribution in [0.5, 0.6) is 0 Å². The molecule has 2 rings (SSSR count). The molecule has 0 bridgehead atoms. The Morgan fingerprint density at radius 3 is 2.75 bits per heavy atom.